The summed E-state index contributed by atoms with van der Waals surface area (Å²) in [5, 5.41) is 18.2. The zero-order chi connectivity index (χ0) is 15.1. The lowest BCUT2D eigenvalue weighted by atomic mass is 10.1. The van der Waals surface area contributed by atoms with E-state index in [0.29, 0.717) is 13.1 Å². The minimum absolute atomic E-state index is 0.0821. The van der Waals surface area contributed by atoms with Gasteiger partial charge < -0.3 is 20.0 Å². The standard InChI is InChI=1S/C16H25N3O2/c1-2-8-19-9-7-17-16(19)14-3-5-15(6-4-14)18(10-12-20)11-13-21/h3-6,20-21H,2,7-13H2,1H3. The molecule has 0 saturated heterocycles. The third-order valence-corrected chi connectivity index (χ3v) is 3.66. The van der Waals surface area contributed by atoms with Crippen LogP contribution in [0.1, 0.15) is 18.9 Å². The highest BCUT2D eigenvalue weighted by Crippen LogP contribution is 2.18. The molecular weight excluding hydrogens is 266 g/mol. The lowest BCUT2D eigenvalue weighted by Crippen LogP contribution is -2.30. The lowest BCUT2D eigenvalue weighted by molar-refractivity contribution is 0.281. The number of aliphatic imine (C=N–C) groups is 1. The van der Waals surface area contributed by atoms with Crippen LogP contribution in [0.2, 0.25) is 0 Å². The third-order valence-electron chi connectivity index (χ3n) is 3.66. The van der Waals surface area contributed by atoms with Crippen LogP contribution >= 0.6 is 0 Å². The molecule has 0 atom stereocenters. The Morgan fingerprint density at radius 3 is 2.38 bits per heavy atom. The Labute approximate surface area is 126 Å². The van der Waals surface area contributed by atoms with Gasteiger partial charge in [-0.25, -0.2) is 0 Å². The molecule has 0 aliphatic carbocycles. The molecule has 1 aromatic carbocycles. The summed E-state index contributed by atoms with van der Waals surface area (Å²) in [5.41, 5.74) is 2.15. The van der Waals surface area contributed by atoms with E-state index in [2.05, 4.69) is 28.9 Å². The fraction of sp³-hybridized carbons (Fsp3) is 0.562. The summed E-state index contributed by atoms with van der Waals surface area (Å²) in [6, 6.07) is 8.21. The molecule has 0 fully saturated rings. The molecule has 1 aromatic rings. The van der Waals surface area contributed by atoms with Crippen LogP contribution in [0.3, 0.4) is 0 Å². The minimum Gasteiger partial charge on any atom is -0.395 e. The maximum Gasteiger partial charge on any atom is 0.131 e. The molecule has 0 aromatic heterocycles. The van der Waals surface area contributed by atoms with E-state index < -0.39 is 0 Å². The smallest absolute Gasteiger partial charge is 0.131 e. The molecule has 0 bridgehead atoms. The first kappa shape index (κ1) is 15.8. The number of aliphatic hydroxyl groups is 2. The number of nitrogens with zero attached hydrogens (tertiary/aromatic N) is 3. The molecule has 116 valence electrons. The van der Waals surface area contributed by atoms with Crippen LogP contribution in [0.15, 0.2) is 29.3 Å². The highest BCUT2D eigenvalue weighted by atomic mass is 16.3. The summed E-state index contributed by atoms with van der Waals surface area (Å²) in [6.07, 6.45) is 1.12. The number of amidine groups is 1. The predicted molar refractivity (Wildman–Crippen MR) is 86.1 cm³/mol. The van der Waals surface area contributed by atoms with Gasteiger partial charge in [0.2, 0.25) is 0 Å². The molecule has 5 nitrogen and oxygen atoms in total. The maximum atomic E-state index is 9.10. The quantitative estimate of drug-likeness (QED) is 0.749. The Bertz CT molecular complexity index is 453. The molecule has 21 heavy (non-hydrogen) atoms. The van der Waals surface area contributed by atoms with Crippen molar-refractivity contribution in [1.82, 2.24) is 4.90 Å². The van der Waals surface area contributed by atoms with Gasteiger partial charge in [-0.3, -0.25) is 4.99 Å². The number of aliphatic hydroxyl groups excluding tert-OH is 2. The zero-order valence-electron chi connectivity index (χ0n) is 12.7. The topological polar surface area (TPSA) is 59.3 Å². The number of hydrogen-bond donors (Lipinski definition) is 2. The van der Waals surface area contributed by atoms with Gasteiger partial charge in [0.25, 0.3) is 0 Å². The SMILES string of the molecule is CCCN1CCN=C1c1ccc(N(CCO)CCO)cc1. The fourth-order valence-electron chi connectivity index (χ4n) is 2.68. The van der Waals surface area contributed by atoms with Crippen molar-refractivity contribution in [3.05, 3.63) is 29.8 Å². The molecule has 0 saturated carbocycles. The Hall–Kier alpha value is -1.59. The van der Waals surface area contributed by atoms with Gasteiger partial charge in [0.05, 0.1) is 19.8 Å². The summed E-state index contributed by atoms with van der Waals surface area (Å²) in [6.45, 7) is 6.33. The Morgan fingerprint density at radius 2 is 1.81 bits per heavy atom. The van der Waals surface area contributed by atoms with Gasteiger partial charge >= 0.3 is 0 Å². The molecule has 1 aliphatic heterocycles. The number of hydrogen-bond acceptors (Lipinski definition) is 5. The molecule has 0 unspecified atom stereocenters. The highest BCUT2D eigenvalue weighted by Gasteiger charge is 2.17. The van der Waals surface area contributed by atoms with Crippen LogP contribution in [0.5, 0.6) is 0 Å². The van der Waals surface area contributed by atoms with Gasteiger partial charge in [-0.1, -0.05) is 6.92 Å². The van der Waals surface area contributed by atoms with Gasteiger partial charge in [-0.05, 0) is 30.7 Å². The second kappa shape index (κ2) is 8.00. The monoisotopic (exact) mass is 291 g/mol. The summed E-state index contributed by atoms with van der Waals surface area (Å²) < 4.78 is 0. The maximum absolute atomic E-state index is 9.10. The van der Waals surface area contributed by atoms with Gasteiger partial charge in [-0.15, -0.1) is 0 Å². The molecule has 2 N–H and O–H groups in total. The molecule has 5 heteroatoms. The van der Waals surface area contributed by atoms with E-state index in [0.717, 1.165) is 43.1 Å². The molecule has 0 spiro atoms. The molecule has 0 amide bonds. The van der Waals surface area contributed by atoms with E-state index in [1.165, 1.54) is 0 Å². The molecule has 2 rings (SSSR count). The van der Waals surface area contributed by atoms with Gasteiger partial charge in [0, 0.05) is 37.4 Å². The second-order valence-electron chi connectivity index (χ2n) is 5.17. The van der Waals surface area contributed by atoms with Crippen LogP contribution in [-0.4, -0.2) is 66.9 Å². The minimum atomic E-state index is 0.0821. The molecule has 0 radical (unpaired) electrons. The Kier molecular flexibility index (Phi) is 6.02. The highest BCUT2D eigenvalue weighted by molar-refractivity contribution is 6.00. The van der Waals surface area contributed by atoms with Crippen molar-refractivity contribution in [1.29, 1.82) is 0 Å². The molecule has 1 aliphatic rings. The van der Waals surface area contributed by atoms with Crippen molar-refractivity contribution in [2.75, 3.05) is 50.8 Å². The zero-order valence-corrected chi connectivity index (χ0v) is 12.7. The Morgan fingerprint density at radius 1 is 1.14 bits per heavy atom. The van der Waals surface area contributed by atoms with Crippen LogP contribution in [0.25, 0.3) is 0 Å². The third kappa shape index (κ3) is 3.95. The number of benzene rings is 1. The predicted octanol–water partition coefficient (Wildman–Crippen LogP) is 0.950. The van der Waals surface area contributed by atoms with Crippen LogP contribution in [0, 0.1) is 0 Å². The van der Waals surface area contributed by atoms with Gasteiger partial charge in [0.15, 0.2) is 0 Å². The second-order valence-corrected chi connectivity index (χ2v) is 5.17. The van der Waals surface area contributed by atoms with Gasteiger partial charge in [0.1, 0.15) is 5.84 Å². The fourth-order valence-corrected chi connectivity index (χ4v) is 2.68. The van der Waals surface area contributed by atoms with E-state index in [-0.39, 0.29) is 13.2 Å². The van der Waals surface area contributed by atoms with E-state index in [1.54, 1.807) is 0 Å². The van der Waals surface area contributed by atoms with Gasteiger partial charge in [-0.2, -0.15) is 0 Å². The summed E-state index contributed by atoms with van der Waals surface area (Å²) in [5.74, 6) is 1.08. The van der Waals surface area contributed by atoms with Crippen molar-refractivity contribution in [2.45, 2.75) is 13.3 Å². The molecular formula is C16H25N3O2. The molecule has 1 heterocycles. The average Bonchev–Trinajstić information content (AvgIpc) is 2.96. The summed E-state index contributed by atoms with van der Waals surface area (Å²) in [7, 11) is 0. The lowest BCUT2D eigenvalue weighted by Gasteiger charge is -2.24. The van der Waals surface area contributed by atoms with E-state index in [9.17, 15) is 0 Å². The summed E-state index contributed by atoms with van der Waals surface area (Å²) in [4.78, 5) is 8.91. The first-order valence-electron chi connectivity index (χ1n) is 7.66. The Balaban J connectivity index is 2.11. The van der Waals surface area contributed by atoms with Crippen LogP contribution < -0.4 is 4.90 Å². The van der Waals surface area contributed by atoms with E-state index >= 15 is 0 Å². The number of anilines is 1. The van der Waals surface area contributed by atoms with Crippen molar-refractivity contribution in [2.24, 2.45) is 4.99 Å². The van der Waals surface area contributed by atoms with Crippen molar-refractivity contribution < 1.29 is 10.2 Å². The van der Waals surface area contributed by atoms with E-state index in [4.69, 9.17) is 10.2 Å². The van der Waals surface area contributed by atoms with Crippen LogP contribution in [0.4, 0.5) is 5.69 Å². The largest absolute Gasteiger partial charge is 0.395 e. The van der Waals surface area contributed by atoms with Crippen LogP contribution in [-0.2, 0) is 0 Å². The van der Waals surface area contributed by atoms with Crippen molar-refractivity contribution in [3.63, 3.8) is 0 Å². The average molecular weight is 291 g/mol. The van der Waals surface area contributed by atoms with E-state index in [1.807, 2.05) is 17.0 Å². The number of rotatable bonds is 8. The summed E-state index contributed by atoms with van der Waals surface area (Å²) >= 11 is 0. The normalized spacial score (nSPS) is 14.4. The first-order chi connectivity index (χ1) is 10.3. The van der Waals surface area contributed by atoms with Crippen molar-refractivity contribution in [3.8, 4) is 0 Å². The van der Waals surface area contributed by atoms with Crippen molar-refractivity contribution >= 4 is 11.5 Å². The first-order valence-corrected chi connectivity index (χ1v) is 7.66.